The smallest absolute Gasteiger partial charge is 0.242 e. The highest BCUT2D eigenvalue weighted by molar-refractivity contribution is 7.71. The van der Waals surface area contributed by atoms with Gasteiger partial charge in [0.05, 0.1) is 16.1 Å². The Labute approximate surface area is 125 Å². The Morgan fingerprint density at radius 2 is 2.30 bits per heavy atom. The molecule has 1 amide bonds. The summed E-state index contributed by atoms with van der Waals surface area (Å²) in [6.07, 6.45) is 0.849. The van der Waals surface area contributed by atoms with E-state index in [0.29, 0.717) is 22.3 Å². The molecule has 1 heterocycles. The number of benzene rings is 1. The van der Waals surface area contributed by atoms with Crippen molar-refractivity contribution in [2.45, 2.75) is 26.3 Å². The standard InChI is InChI=1S/C13H15ClFN3OS/c1-3-4-16-12(19)7(2)18-11-6-9(15)8(14)5-10(11)17-13(18)20/h5-7H,3-4H2,1-2H3,(H,16,19)(H,17,20). The molecule has 4 nitrogen and oxygen atoms in total. The van der Waals surface area contributed by atoms with Gasteiger partial charge in [0.2, 0.25) is 5.91 Å². The van der Waals surface area contributed by atoms with Gasteiger partial charge in [-0.2, -0.15) is 0 Å². The maximum atomic E-state index is 13.6. The summed E-state index contributed by atoms with van der Waals surface area (Å²) in [7, 11) is 0. The lowest BCUT2D eigenvalue weighted by atomic mass is 10.2. The summed E-state index contributed by atoms with van der Waals surface area (Å²) in [5.74, 6) is -0.692. The van der Waals surface area contributed by atoms with E-state index in [1.54, 1.807) is 11.5 Å². The van der Waals surface area contributed by atoms with Crippen molar-refractivity contribution in [1.29, 1.82) is 0 Å². The number of halogens is 2. The van der Waals surface area contributed by atoms with Gasteiger partial charge in [0.25, 0.3) is 0 Å². The van der Waals surface area contributed by atoms with E-state index in [4.69, 9.17) is 23.8 Å². The fourth-order valence-electron chi connectivity index (χ4n) is 2.02. The summed E-state index contributed by atoms with van der Waals surface area (Å²) in [6, 6.07) is 2.23. The molecular weight excluding hydrogens is 301 g/mol. The Balaban J connectivity index is 2.48. The average molecular weight is 316 g/mol. The number of H-pyrrole nitrogens is 1. The fourth-order valence-corrected chi connectivity index (χ4v) is 2.55. The van der Waals surface area contributed by atoms with Crippen LogP contribution in [0.15, 0.2) is 12.1 Å². The van der Waals surface area contributed by atoms with Gasteiger partial charge in [-0.1, -0.05) is 18.5 Å². The first-order valence-corrected chi connectivity index (χ1v) is 7.11. The Morgan fingerprint density at radius 1 is 1.60 bits per heavy atom. The molecule has 0 fully saturated rings. The van der Waals surface area contributed by atoms with E-state index in [1.807, 2.05) is 6.92 Å². The minimum Gasteiger partial charge on any atom is -0.354 e. The van der Waals surface area contributed by atoms with E-state index in [1.165, 1.54) is 12.1 Å². The molecule has 108 valence electrons. The number of carbonyl (C=O) groups is 1. The van der Waals surface area contributed by atoms with Crippen LogP contribution >= 0.6 is 23.8 Å². The summed E-state index contributed by atoms with van der Waals surface area (Å²) in [5.41, 5.74) is 1.13. The van der Waals surface area contributed by atoms with Crippen LogP contribution in [0.5, 0.6) is 0 Å². The fraction of sp³-hybridized carbons (Fsp3) is 0.385. The Morgan fingerprint density at radius 3 is 2.95 bits per heavy atom. The summed E-state index contributed by atoms with van der Waals surface area (Å²) in [5, 5.41) is 2.82. The van der Waals surface area contributed by atoms with Gasteiger partial charge >= 0.3 is 0 Å². The second-order valence-corrected chi connectivity index (χ2v) is 5.34. The minimum atomic E-state index is -0.539. The maximum absolute atomic E-state index is 13.6. The topological polar surface area (TPSA) is 49.8 Å². The Hall–Kier alpha value is -1.40. The first-order chi connectivity index (χ1) is 9.45. The second-order valence-electron chi connectivity index (χ2n) is 4.55. The van der Waals surface area contributed by atoms with E-state index in [9.17, 15) is 9.18 Å². The molecule has 1 atom stereocenters. The number of nitrogens with zero attached hydrogens (tertiary/aromatic N) is 1. The lowest BCUT2D eigenvalue weighted by Crippen LogP contribution is -2.31. The van der Waals surface area contributed by atoms with Gasteiger partial charge in [-0.3, -0.25) is 4.79 Å². The maximum Gasteiger partial charge on any atom is 0.242 e. The van der Waals surface area contributed by atoms with Crippen molar-refractivity contribution in [2.75, 3.05) is 6.54 Å². The van der Waals surface area contributed by atoms with Gasteiger partial charge in [-0.15, -0.1) is 0 Å². The number of carbonyl (C=O) groups excluding carboxylic acids is 1. The highest BCUT2D eigenvalue weighted by Gasteiger charge is 2.19. The van der Waals surface area contributed by atoms with Crippen molar-refractivity contribution in [3.63, 3.8) is 0 Å². The molecule has 0 saturated heterocycles. The molecule has 0 aliphatic carbocycles. The molecule has 0 radical (unpaired) electrons. The van der Waals surface area contributed by atoms with Gasteiger partial charge in [-0.25, -0.2) is 4.39 Å². The second kappa shape index (κ2) is 5.93. The molecule has 0 bridgehead atoms. The summed E-state index contributed by atoms with van der Waals surface area (Å²) in [4.78, 5) is 15.0. The molecule has 0 aliphatic heterocycles. The van der Waals surface area contributed by atoms with Gasteiger partial charge in [0.1, 0.15) is 11.9 Å². The van der Waals surface area contributed by atoms with E-state index < -0.39 is 11.9 Å². The van der Waals surface area contributed by atoms with Crippen molar-refractivity contribution >= 4 is 40.8 Å². The number of rotatable bonds is 4. The number of fused-ring (bicyclic) bond motifs is 1. The normalized spacial score (nSPS) is 12.6. The first-order valence-electron chi connectivity index (χ1n) is 6.32. The molecule has 1 unspecified atom stereocenters. The molecule has 0 spiro atoms. The lowest BCUT2D eigenvalue weighted by molar-refractivity contribution is -0.123. The van der Waals surface area contributed by atoms with Crippen molar-refractivity contribution in [1.82, 2.24) is 14.9 Å². The number of imidazole rings is 1. The zero-order chi connectivity index (χ0) is 14.9. The van der Waals surface area contributed by atoms with Gasteiger partial charge < -0.3 is 14.9 Å². The van der Waals surface area contributed by atoms with Crippen molar-refractivity contribution < 1.29 is 9.18 Å². The van der Waals surface area contributed by atoms with Crippen LogP contribution in [0.3, 0.4) is 0 Å². The van der Waals surface area contributed by atoms with Crippen LogP contribution in [-0.4, -0.2) is 22.0 Å². The number of amides is 1. The van der Waals surface area contributed by atoms with Crippen LogP contribution in [0.4, 0.5) is 4.39 Å². The highest BCUT2D eigenvalue weighted by Crippen LogP contribution is 2.25. The quantitative estimate of drug-likeness (QED) is 0.847. The SMILES string of the molecule is CCCNC(=O)C(C)n1c(=S)[nH]c2cc(Cl)c(F)cc21. The molecule has 0 aliphatic rings. The molecule has 0 saturated carbocycles. The molecule has 1 aromatic heterocycles. The number of aromatic amines is 1. The van der Waals surface area contributed by atoms with Crippen LogP contribution in [0.25, 0.3) is 11.0 Å². The van der Waals surface area contributed by atoms with Crippen molar-refractivity contribution in [3.8, 4) is 0 Å². The number of hydrogen-bond donors (Lipinski definition) is 2. The minimum absolute atomic E-state index is 0.0176. The van der Waals surface area contributed by atoms with Gasteiger partial charge in [0, 0.05) is 12.6 Å². The van der Waals surface area contributed by atoms with E-state index >= 15 is 0 Å². The zero-order valence-electron chi connectivity index (χ0n) is 11.2. The summed E-state index contributed by atoms with van der Waals surface area (Å²) < 4.78 is 15.6. The Bertz CT molecular complexity index is 709. The Kier molecular flexibility index (Phi) is 4.45. The monoisotopic (exact) mass is 315 g/mol. The predicted octanol–water partition coefficient (Wildman–Crippen LogP) is 3.58. The molecular formula is C13H15ClFN3OS. The molecule has 20 heavy (non-hydrogen) atoms. The zero-order valence-corrected chi connectivity index (χ0v) is 12.7. The number of hydrogen-bond acceptors (Lipinski definition) is 2. The van der Waals surface area contributed by atoms with E-state index in [-0.39, 0.29) is 10.9 Å². The number of aromatic nitrogens is 2. The van der Waals surface area contributed by atoms with E-state index in [2.05, 4.69) is 10.3 Å². The van der Waals surface area contributed by atoms with Crippen molar-refractivity contribution in [2.24, 2.45) is 0 Å². The predicted molar refractivity (Wildman–Crippen MR) is 80.1 cm³/mol. The molecule has 2 rings (SSSR count). The number of nitrogens with one attached hydrogen (secondary N) is 2. The van der Waals surface area contributed by atoms with Crippen LogP contribution in [0.1, 0.15) is 26.3 Å². The van der Waals surface area contributed by atoms with E-state index in [0.717, 1.165) is 6.42 Å². The molecule has 7 heteroatoms. The summed E-state index contributed by atoms with van der Waals surface area (Å²) in [6.45, 7) is 4.29. The van der Waals surface area contributed by atoms with Crippen LogP contribution in [0, 0.1) is 10.6 Å². The van der Waals surface area contributed by atoms with Crippen LogP contribution < -0.4 is 5.32 Å². The van der Waals surface area contributed by atoms with Gasteiger partial charge in [-0.05, 0) is 31.6 Å². The third-order valence-corrected chi connectivity index (χ3v) is 3.66. The van der Waals surface area contributed by atoms with Crippen LogP contribution in [0.2, 0.25) is 5.02 Å². The molecule has 1 aromatic carbocycles. The van der Waals surface area contributed by atoms with Gasteiger partial charge in [0.15, 0.2) is 4.77 Å². The first kappa shape index (κ1) is 15.0. The summed E-state index contributed by atoms with van der Waals surface area (Å²) >= 11 is 11.0. The largest absolute Gasteiger partial charge is 0.354 e. The average Bonchev–Trinajstić information content (AvgIpc) is 2.71. The molecule has 2 N–H and O–H groups in total. The third-order valence-electron chi connectivity index (χ3n) is 3.07. The third kappa shape index (κ3) is 2.71. The highest BCUT2D eigenvalue weighted by atomic mass is 35.5. The van der Waals surface area contributed by atoms with Crippen molar-refractivity contribution in [3.05, 3.63) is 27.7 Å². The van der Waals surface area contributed by atoms with Crippen LogP contribution in [-0.2, 0) is 4.79 Å². The molecule has 2 aromatic rings. The lowest BCUT2D eigenvalue weighted by Gasteiger charge is -2.14.